The van der Waals surface area contributed by atoms with Crippen LogP contribution in [0.2, 0.25) is 0 Å². The number of aryl methyl sites for hydroxylation is 1. The van der Waals surface area contributed by atoms with Crippen LogP contribution in [0.4, 0.5) is 0 Å². The van der Waals surface area contributed by atoms with Crippen LogP contribution in [-0.4, -0.2) is 0 Å². The standard InChI is InChI=1S/C47H34/c1-29-16-17-36(44-27-34-8-2-3-13-37(34)40-14-4-5-15-41(40)44)26-43(29)45-28-35(22-24-38(45)30-9-6-10-30)39-23-20-33-19-18-31-11-7-12-32-21-25-42(39)47(33)46(31)32/h2-5,7-8,11-28,30H,6,9-10H2,1H3. The Morgan fingerprint density at radius 2 is 1.04 bits per heavy atom. The van der Waals surface area contributed by atoms with Gasteiger partial charge in [-0.2, -0.15) is 0 Å². The smallest absolute Gasteiger partial charge is 0.00206 e. The molecule has 47 heavy (non-hydrogen) atoms. The molecule has 0 aliphatic heterocycles. The topological polar surface area (TPSA) is 0 Å². The van der Waals surface area contributed by atoms with Crippen molar-refractivity contribution in [1.29, 1.82) is 0 Å². The van der Waals surface area contributed by atoms with E-state index < -0.39 is 0 Å². The van der Waals surface area contributed by atoms with Gasteiger partial charge in [-0.15, -0.1) is 0 Å². The van der Waals surface area contributed by atoms with Crippen LogP contribution < -0.4 is 0 Å². The number of hydrogen-bond donors (Lipinski definition) is 0. The van der Waals surface area contributed by atoms with Crippen LogP contribution in [0, 0.1) is 6.92 Å². The van der Waals surface area contributed by atoms with Crippen LogP contribution in [0.15, 0.2) is 146 Å². The first-order valence-electron chi connectivity index (χ1n) is 17.0. The van der Waals surface area contributed by atoms with Crippen molar-refractivity contribution >= 4 is 53.9 Å². The van der Waals surface area contributed by atoms with Crippen LogP contribution in [0.1, 0.15) is 36.3 Å². The molecular formula is C47H34. The van der Waals surface area contributed by atoms with Gasteiger partial charge < -0.3 is 0 Å². The molecule has 222 valence electrons. The maximum atomic E-state index is 2.50. The lowest BCUT2D eigenvalue weighted by atomic mass is 9.75. The Bertz CT molecular complexity index is 2650. The average molecular weight is 599 g/mol. The third kappa shape index (κ3) is 4.08. The Hall–Kier alpha value is -5.46. The van der Waals surface area contributed by atoms with Crippen molar-refractivity contribution in [1.82, 2.24) is 0 Å². The molecule has 0 N–H and O–H groups in total. The molecule has 0 amide bonds. The molecule has 0 heterocycles. The molecule has 0 heteroatoms. The molecule has 1 aliphatic carbocycles. The van der Waals surface area contributed by atoms with E-state index in [1.807, 2.05) is 0 Å². The molecule has 0 spiro atoms. The van der Waals surface area contributed by atoms with Gasteiger partial charge in [0.2, 0.25) is 0 Å². The van der Waals surface area contributed by atoms with Gasteiger partial charge in [0.15, 0.2) is 0 Å². The average Bonchev–Trinajstić information content (AvgIpc) is 3.10. The van der Waals surface area contributed by atoms with Gasteiger partial charge in [0.05, 0.1) is 0 Å². The van der Waals surface area contributed by atoms with E-state index in [4.69, 9.17) is 0 Å². The fourth-order valence-electron chi connectivity index (χ4n) is 8.39. The Labute approximate surface area is 275 Å². The van der Waals surface area contributed by atoms with Crippen molar-refractivity contribution in [3.8, 4) is 33.4 Å². The monoisotopic (exact) mass is 598 g/mol. The summed E-state index contributed by atoms with van der Waals surface area (Å²) < 4.78 is 0. The fourth-order valence-corrected chi connectivity index (χ4v) is 8.39. The van der Waals surface area contributed by atoms with Gasteiger partial charge in [0.25, 0.3) is 0 Å². The van der Waals surface area contributed by atoms with Crippen LogP contribution in [0.5, 0.6) is 0 Å². The van der Waals surface area contributed by atoms with E-state index in [9.17, 15) is 0 Å². The fraction of sp³-hybridized carbons (Fsp3) is 0.106. The van der Waals surface area contributed by atoms with E-state index >= 15 is 0 Å². The summed E-state index contributed by atoms with van der Waals surface area (Å²) in [6, 6.07) is 55.0. The Kier molecular flexibility index (Phi) is 5.84. The lowest BCUT2D eigenvalue weighted by molar-refractivity contribution is 0.420. The zero-order chi connectivity index (χ0) is 31.1. The molecule has 0 atom stereocenters. The molecule has 0 aromatic heterocycles. The summed E-state index contributed by atoms with van der Waals surface area (Å²) in [6.45, 7) is 2.28. The first kappa shape index (κ1) is 26.7. The van der Waals surface area contributed by atoms with Gasteiger partial charge in [-0.05, 0) is 142 Å². The molecule has 0 saturated heterocycles. The highest BCUT2D eigenvalue weighted by Gasteiger charge is 2.24. The van der Waals surface area contributed by atoms with Crippen molar-refractivity contribution in [2.75, 3.05) is 0 Å². The molecular weight excluding hydrogens is 565 g/mol. The zero-order valence-corrected chi connectivity index (χ0v) is 26.6. The van der Waals surface area contributed by atoms with Crippen molar-refractivity contribution in [3.63, 3.8) is 0 Å². The second-order valence-corrected chi connectivity index (χ2v) is 13.6. The number of rotatable bonds is 4. The second-order valence-electron chi connectivity index (χ2n) is 13.6. The van der Waals surface area contributed by atoms with Crippen molar-refractivity contribution in [3.05, 3.63) is 157 Å². The van der Waals surface area contributed by atoms with E-state index in [2.05, 4.69) is 153 Å². The summed E-state index contributed by atoms with van der Waals surface area (Å²) in [4.78, 5) is 0. The molecule has 1 saturated carbocycles. The first-order chi connectivity index (χ1) is 23.2. The molecule has 1 aliphatic rings. The molecule has 0 radical (unpaired) electrons. The SMILES string of the molecule is Cc1ccc(-c2cc3ccccc3c3ccccc23)cc1-c1cc(-c2ccc3ccc4cccc5ccc2c3c45)ccc1C1CCC1. The van der Waals surface area contributed by atoms with Gasteiger partial charge in [-0.1, -0.05) is 134 Å². The molecule has 0 unspecified atom stereocenters. The van der Waals surface area contributed by atoms with Gasteiger partial charge in [-0.3, -0.25) is 0 Å². The number of fused-ring (bicyclic) bond motifs is 3. The van der Waals surface area contributed by atoms with E-state index in [1.54, 1.807) is 0 Å². The van der Waals surface area contributed by atoms with Crippen LogP contribution in [-0.2, 0) is 0 Å². The van der Waals surface area contributed by atoms with Crippen LogP contribution in [0.3, 0.4) is 0 Å². The van der Waals surface area contributed by atoms with Crippen molar-refractivity contribution in [2.24, 2.45) is 0 Å². The molecule has 0 nitrogen and oxygen atoms in total. The summed E-state index contributed by atoms with van der Waals surface area (Å²) >= 11 is 0. The van der Waals surface area contributed by atoms with Gasteiger partial charge in [-0.25, -0.2) is 0 Å². The summed E-state index contributed by atoms with van der Waals surface area (Å²) in [5, 5.41) is 13.2. The zero-order valence-electron chi connectivity index (χ0n) is 26.6. The third-order valence-corrected chi connectivity index (χ3v) is 11.0. The highest BCUT2D eigenvalue weighted by atomic mass is 14.3. The summed E-state index contributed by atoms with van der Waals surface area (Å²) in [5.74, 6) is 0.630. The second kappa shape index (κ2) is 10.3. The van der Waals surface area contributed by atoms with E-state index in [1.165, 1.54) is 118 Å². The summed E-state index contributed by atoms with van der Waals surface area (Å²) in [6.07, 6.45) is 3.88. The van der Waals surface area contributed by atoms with Crippen LogP contribution >= 0.6 is 0 Å². The molecule has 9 aromatic rings. The van der Waals surface area contributed by atoms with E-state index in [0.29, 0.717) is 5.92 Å². The summed E-state index contributed by atoms with van der Waals surface area (Å²) in [5.41, 5.74) is 10.7. The van der Waals surface area contributed by atoms with Crippen molar-refractivity contribution in [2.45, 2.75) is 32.1 Å². The minimum atomic E-state index is 0.630. The highest BCUT2D eigenvalue weighted by molar-refractivity contribution is 6.25. The Morgan fingerprint density at radius 3 is 1.85 bits per heavy atom. The molecule has 1 fully saturated rings. The quantitative estimate of drug-likeness (QED) is 0.177. The maximum absolute atomic E-state index is 2.50. The minimum Gasteiger partial charge on any atom is -0.0616 e. The Morgan fingerprint density at radius 1 is 0.404 bits per heavy atom. The predicted octanol–water partition coefficient (Wildman–Crippen LogP) is 13.5. The third-order valence-electron chi connectivity index (χ3n) is 11.0. The predicted molar refractivity (Wildman–Crippen MR) is 203 cm³/mol. The largest absolute Gasteiger partial charge is 0.0616 e. The molecule has 10 rings (SSSR count). The summed E-state index contributed by atoms with van der Waals surface area (Å²) in [7, 11) is 0. The lowest BCUT2D eigenvalue weighted by Gasteiger charge is -2.29. The van der Waals surface area contributed by atoms with Gasteiger partial charge in [0, 0.05) is 0 Å². The van der Waals surface area contributed by atoms with E-state index in [0.717, 1.165) is 0 Å². The van der Waals surface area contributed by atoms with Gasteiger partial charge in [0.1, 0.15) is 0 Å². The normalized spacial score (nSPS) is 13.7. The lowest BCUT2D eigenvalue weighted by Crippen LogP contribution is -2.10. The maximum Gasteiger partial charge on any atom is -0.00206 e. The first-order valence-corrected chi connectivity index (χ1v) is 17.0. The number of hydrogen-bond acceptors (Lipinski definition) is 0. The molecule has 9 aromatic carbocycles. The van der Waals surface area contributed by atoms with Gasteiger partial charge >= 0.3 is 0 Å². The Balaban J connectivity index is 1.20. The highest BCUT2D eigenvalue weighted by Crippen LogP contribution is 2.46. The molecule has 0 bridgehead atoms. The number of benzene rings is 9. The van der Waals surface area contributed by atoms with Crippen LogP contribution in [0.25, 0.3) is 87.2 Å². The minimum absolute atomic E-state index is 0.630. The van der Waals surface area contributed by atoms with Crippen molar-refractivity contribution < 1.29 is 0 Å². The van der Waals surface area contributed by atoms with E-state index in [-0.39, 0.29) is 0 Å².